The van der Waals surface area contributed by atoms with Crippen molar-refractivity contribution in [3.05, 3.63) is 65.0 Å². The van der Waals surface area contributed by atoms with Gasteiger partial charge in [-0.05, 0) is 42.3 Å². The van der Waals surface area contributed by atoms with Crippen LogP contribution < -0.4 is 9.47 Å². The third-order valence-electron chi connectivity index (χ3n) is 4.88. The molecule has 0 spiro atoms. The molecule has 1 aliphatic heterocycles. The summed E-state index contributed by atoms with van der Waals surface area (Å²) in [6.45, 7) is 3.41. The summed E-state index contributed by atoms with van der Waals surface area (Å²) in [6, 6.07) is 8.92. The van der Waals surface area contributed by atoms with E-state index in [1.54, 1.807) is 12.1 Å². The highest BCUT2D eigenvalue weighted by molar-refractivity contribution is 6.46. The number of Topliss-reactive ketones (excluding diaryl/α,β-unsaturated/α-hetero) is 1. The third kappa shape index (κ3) is 4.28. The quantitative estimate of drug-likeness (QED) is 0.249. The van der Waals surface area contributed by atoms with E-state index in [9.17, 15) is 23.9 Å². The van der Waals surface area contributed by atoms with Gasteiger partial charge in [0.2, 0.25) is 0 Å². The van der Waals surface area contributed by atoms with E-state index < -0.39 is 35.3 Å². The first-order chi connectivity index (χ1) is 14.8. The molecule has 2 aromatic rings. The van der Waals surface area contributed by atoms with Gasteiger partial charge in [0.15, 0.2) is 0 Å². The summed E-state index contributed by atoms with van der Waals surface area (Å²) in [6.07, 6.45) is 0.582. The Hall–Kier alpha value is -3.68. The molecule has 1 N–H and O–H groups in total. The number of benzene rings is 2. The number of hydrogen-bond acceptors (Lipinski definition) is 6. The number of carbonyl (C=O) groups excluding carboxylic acids is 3. The van der Waals surface area contributed by atoms with Gasteiger partial charge in [-0.25, -0.2) is 4.39 Å². The fraction of sp³-hybridized carbons (Fsp3) is 0.261. The number of halogens is 1. The maximum Gasteiger partial charge on any atom is 0.308 e. The summed E-state index contributed by atoms with van der Waals surface area (Å²) < 4.78 is 24.1. The van der Waals surface area contributed by atoms with Gasteiger partial charge in [-0.15, -0.1) is 0 Å². The van der Waals surface area contributed by atoms with Gasteiger partial charge in [0.1, 0.15) is 23.1 Å². The molecular weight excluding hydrogens is 405 g/mol. The van der Waals surface area contributed by atoms with E-state index in [0.29, 0.717) is 17.7 Å². The number of nitrogens with zero attached hydrogens (tertiary/aromatic N) is 1. The van der Waals surface area contributed by atoms with Crippen molar-refractivity contribution < 1.29 is 33.4 Å². The van der Waals surface area contributed by atoms with Gasteiger partial charge in [0.05, 0.1) is 24.3 Å². The van der Waals surface area contributed by atoms with Gasteiger partial charge < -0.3 is 19.5 Å². The van der Waals surface area contributed by atoms with Crippen LogP contribution in [-0.2, 0) is 14.4 Å². The minimum atomic E-state index is -0.890. The Morgan fingerprint density at radius 1 is 1.16 bits per heavy atom. The molecule has 1 saturated heterocycles. The molecule has 0 bridgehead atoms. The number of likely N-dealkylation sites (tertiary alicyclic amines) is 1. The lowest BCUT2D eigenvalue weighted by Crippen LogP contribution is -2.30. The minimum absolute atomic E-state index is 0.0291. The van der Waals surface area contributed by atoms with Gasteiger partial charge in [0, 0.05) is 13.5 Å². The summed E-state index contributed by atoms with van der Waals surface area (Å²) in [7, 11) is 1.35. The van der Waals surface area contributed by atoms with Crippen molar-refractivity contribution in [3.8, 4) is 11.5 Å². The van der Waals surface area contributed by atoms with Gasteiger partial charge in [0.25, 0.3) is 11.7 Å². The maximum absolute atomic E-state index is 13.9. The van der Waals surface area contributed by atoms with E-state index in [0.717, 1.165) is 12.1 Å². The van der Waals surface area contributed by atoms with E-state index in [2.05, 4.69) is 0 Å². The fourth-order valence-electron chi connectivity index (χ4n) is 3.59. The van der Waals surface area contributed by atoms with Crippen LogP contribution in [0.3, 0.4) is 0 Å². The number of amides is 1. The van der Waals surface area contributed by atoms with Crippen LogP contribution in [-0.4, -0.2) is 41.3 Å². The Morgan fingerprint density at radius 2 is 1.84 bits per heavy atom. The molecule has 0 radical (unpaired) electrons. The molecule has 1 unspecified atom stereocenters. The number of methoxy groups -OCH3 is 1. The first-order valence-corrected chi connectivity index (χ1v) is 9.69. The molecule has 0 aliphatic carbocycles. The molecule has 31 heavy (non-hydrogen) atoms. The lowest BCUT2D eigenvalue weighted by atomic mass is 9.95. The lowest BCUT2D eigenvalue weighted by Gasteiger charge is -2.25. The Balaban J connectivity index is 2.18. The molecule has 8 heteroatoms. The second-order valence-electron chi connectivity index (χ2n) is 7.00. The molecule has 1 atom stereocenters. The molecule has 1 heterocycles. The fourth-order valence-corrected chi connectivity index (χ4v) is 3.59. The largest absolute Gasteiger partial charge is 0.507 e. The predicted octanol–water partition coefficient (Wildman–Crippen LogP) is 3.59. The van der Waals surface area contributed by atoms with Crippen molar-refractivity contribution in [1.29, 1.82) is 0 Å². The highest BCUT2D eigenvalue weighted by atomic mass is 19.1. The first-order valence-electron chi connectivity index (χ1n) is 9.69. The molecule has 7 nitrogen and oxygen atoms in total. The summed E-state index contributed by atoms with van der Waals surface area (Å²) in [5.41, 5.74) is 0.335. The van der Waals surface area contributed by atoms with Crippen molar-refractivity contribution in [2.45, 2.75) is 26.3 Å². The summed E-state index contributed by atoms with van der Waals surface area (Å²) in [4.78, 5) is 38.1. The number of aliphatic hydroxyl groups excluding tert-OH is 1. The van der Waals surface area contributed by atoms with Crippen LogP contribution in [0.4, 0.5) is 4.39 Å². The number of aliphatic hydroxyl groups is 1. The smallest absolute Gasteiger partial charge is 0.308 e. The number of ether oxygens (including phenoxy) is 2. The molecule has 0 saturated carbocycles. The first kappa shape index (κ1) is 22.0. The highest BCUT2D eigenvalue weighted by Crippen LogP contribution is 2.41. The van der Waals surface area contributed by atoms with Crippen molar-refractivity contribution in [2.75, 3.05) is 13.7 Å². The molecule has 0 aromatic heterocycles. The number of carbonyl (C=O) groups is 3. The molecular formula is C23H22FNO6. The van der Waals surface area contributed by atoms with Crippen molar-refractivity contribution in [2.24, 2.45) is 0 Å². The standard InChI is InChI=1S/C23H22FNO6/c1-4-11-25-20(14-5-8-16(9-6-14)31-13(2)26)19(22(28)23(25)29)21(27)17-12-15(24)7-10-18(17)30-3/h5-10,12,20,27H,4,11H2,1-3H3/b21-19+. The maximum atomic E-state index is 13.9. The molecule has 3 rings (SSSR count). The van der Waals surface area contributed by atoms with E-state index in [4.69, 9.17) is 9.47 Å². The zero-order valence-corrected chi connectivity index (χ0v) is 17.3. The van der Waals surface area contributed by atoms with Gasteiger partial charge in [-0.3, -0.25) is 14.4 Å². The molecule has 162 valence electrons. The second kappa shape index (κ2) is 8.99. The van der Waals surface area contributed by atoms with E-state index in [1.165, 1.54) is 37.1 Å². The Morgan fingerprint density at radius 3 is 2.42 bits per heavy atom. The summed E-state index contributed by atoms with van der Waals surface area (Å²) in [5, 5.41) is 11.0. The van der Waals surface area contributed by atoms with Crippen LogP contribution in [0.5, 0.6) is 11.5 Å². The summed E-state index contributed by atoms with van der Waals surface area (Å²) in [5.74, 6) is -2.81. The number of esters is 1. The molecule has 2 aromatic carbocycles. The van der Waals surface area contributed by atoms with Gasteiger partial charge in [-0.1, -0.05) is 19.1 Å². The topological polar surface area (TPSA) is 93.1 Å². The minimum Gasteiger partial charge on any atom is -0.507 e. The average molecular weight is 427 g/mol. The molecule has 1 aliphatic rings. The number of ketones is 1. The normalized spacial score (nSPS) is 17.7. The molecule has 1 fully saturated rings. The van der Waals surface area contributed by atoms with Crippen molar-refractivity contribution in [3.63, 3.8) is 0 Å². The highest BCUT2D eigenvalue weighted by Gasteiger charge is 2.46. The van der Waals surface area contributed by atoms with Crippen molar-refractivity contribution >= 4 is 23.4 Å². The molecule has 1 amide bonds. The van der Waals surface area contributed by atoms with Gasteiger partial charge in [-0.2, -0.15) is 0 Å². The zero-order chi connectivity index (χ0) is 22.7. The monoisotopic (exact) mass is 427 g/mol. The average Bonchev–Trinajstić information content (AvgIpc) is 2.98. The Kier molecular flexibility index (Phi) is 6.39. The third-order valence-corrected chi connectivity index (χ3v) is 4.88. The number of rotatable bonds is 6. The second-order valence-corrected chi connectivity index (χ2v) is 7.00. The SMILES string of the molecule is CCCN1C(=O)C(=O)/C(=C(/O)c2cc(F)ccc2OC)C1c1ccc(OC(C)=O)cc1. The number of hydrogen-bond donors (Lipinski definition) is 1. The van der Waals surface area contributed by atoms with Crippen LogP contribution in [0.15, 0.2) is 48.0 Å². The van der Waals surface area contributed by atoms with Crippen LogP contribution in [0.2, 0.25) is 0 Å². The van der Waals surface area contributed by atoms with Gasteiger partial charge >= 0.3 is 5.97 Å². The lowest BCUT2D eigenvalue weighted by molar-refractivity contribution is -0.139. The van der Waals surface area contributed by atoms with E-state index in [-0.39, 0.29) is 23.4 Å². The van der Waals surface area contributed by atoms with Crippen LogP contribution in [0, 0.1) is 5.82 Å². The van der Waals surface area contributed by atoms with Crippen LogP contribution >= 0.6 is 0 Å². The van der Waals surface area contributed by atoms with Crippen LogP contribution in [0.25, 0.3) is 5.76 Å². The Bertz CT molecular complexity index is 1060. The predicted molar refractivity (Wildman–Crippen MR) is 110 cm³/mol. The summed E-state index contributed by atoms with van der Waals surface area (Å²) >= 11 is 0. The zero-order valence-electron chi connectivity index (χ0n) is 17.3. The van der Waals surface area contributed by atoms with Crippen molar-refractivity contribution in [1.82, 2.24) is 4.90 Å². The van der Waals surface area contributed by atoms with E-state index in [1.807, 2.05) is 6.92 Å². The van der Waals surface area contributed by atoms with E-state index >= 15 is 0 Å². The van der Waals surface area contributed by atoms with Crippen LogP contribution in [0.1, 0.15) is 37.4 Å². The Labute approximate surface area is 178 Å².